The van der Waals surface area contributed by atoms with E-state index in [4.69, 9.17) is 11.6 Å². The lowest BCUT2D eigenvalue weighted by Gasteiger charge is -2.10. The highest BCUT2D eigenvalue weighted by molar-refractivity contribution is 6.34. The molecular formula is C15H13ClN2O3. The van der Waals surface area contributed by atoms with Gasteiger partial charge in [-0.1, -0.05) is 29.3 Å². The van der Waals surface area contributed by atoms with Gasteiger partial charge in [0, 0.05) is 17.8 Å². The highest BCUT2D eigenvalue weighted by atomic mass is 35.5. The Morgan fingerprint density at radius 1 is 1.19 bits per heavy atom. The van der Waals surface area contributed by atoms with E-state index in [0.29, 0.717) is 5.69 Å². The number of amides is 1. The lowest BCUT2D eigenvalue weighted by Crippen LogP contribution is -2.13. The Morgan fingerprint density at radius 3 is 2.52 bits per heavy atom. The van der Waals surface area contributed by atoms with E-state index in [1.807, 2.05) is 26.0 Å². The van der Waals surface area contributed by atoms with E-state index in [9.17, 15) is 14.9 Å². The van der Waals surface area contributed by atoms with E-state index in [1.165, 1.54) is 18.2 Å². The van der Waals surface area contributed by atoms with Crippen LogP contribution in [0.3, 0.4) is 0 Å². The lowest BCUT2D eigenvalue weighted by molar-refractivity contribution is -0.384. The van der Waals surface area contributed by atoms with E-state index in [1.54, 1.807) is 6.07 Å². The van der Waals surface area contributed by atoms with Crippen LogP contribution in [0, 0.1) is 24.0 Å². The molecule has 0 saturated heterocycles. The van der Waals surface area contributed by atoms with Crippen LogP contribution in [0.5, 0.6) is 0 Å². The summed E-state index contributed by atoms with van der Waals surface area (Å²) in [5.41, 5.74) is 2.54. The molecule has 6 heteroatoms. The molecule has 0 unspecified atom stereocenters. The minimum atomic E-state index is -0.565. The van der Waals surface area contributed by atoms with Crippen LogP contribution in [0.15, 0.2) is 36.4 Å². The molecule has 2 rings (SSSR count). The maximum Gasteiger partial charge on any atom is 0.270 e. The summed E-state index contributed by atoms with van der Waals surface area (Å²) in [6.45, 7) is 3.83. The number of hydrogen-bond donors (Lipinski definition) is 1. The van der Waals surface area contributed by atoms with Crippen molar-refractivity contribution in [2.75, 3.05) is 5.32 Å². The van der Waals surface area contributed by atoms with Crippen molar-refractivity contribution in [2.24, 2.45) is 0 Å². The largest absolute Gasteiger partial charge is 0.322 e. The molecule has 0 aromatic heterocycles. The molecule has 0 bridgehead atoms. The fraction of sp³-hybridized carbons (Fsp3) is 0.133. The van der Waals surface area contributed by atoms with Crippen molar-refractivity contribution in [1.82, 2.24) is 0 Å². The van der Waals surface area contributed by atoms with Crippen molar-refractivity contribution in [3.05, 3.63) is 68.2 Å². The monoisotopic (exact) mass is 304 g/mol. The maximum atomic E-state index is 12.2. The minimum absolute atomic E-state index is 0.0749. The smallest absolute Gasteiger partial charge is 0.270 e. The molecule has 0 aliphatic heterocycles. The topological polar surface area (TPSA) is 72.2 Å². The molecule has 0 atom stereocenters. The van der Waals surface area contributed by atoms with Crippen molar-refractivity contribution < 1.29 is 9.72 Å². The summed E-state index contributed by atoms with van der Waals surface area (Å²) >= 11 is 5.94. The molecule has 0 heterocycles. The molecule has 1 N–H and O–H groups in total. The number of rotatable bonds is 3. The van der Waals surface area contributed by atoms with E-state index >= 15 is 0 Å². The molecule has 108 valence electrons. The first kappa shape index (κ1) is 15.0. The maximum absolute atomic E-state index is 12.2. The van der Waals surface area contributed by atoms with Crippen LogP contribution in [0.1, 0.15) is 21.5 Å². The second-order valence-corrected chi connectivity index (χ2v) is 5.10. The van der Waals surface area contributed by atoms with Crippen LogP contribution >= 0.6 is 11.6 Å². The summed E-state index contributed by atoms with van der Waals surface area (Å²) in [6, 6.07) is 9.37. The Hall–Kier alpha value is -2.40. The number of halogens is 1. The second-order valence-electron chi connectivity index (χ2n) is 4.69. The van der Waals surface area contributed by atoms with Gasteiger partial charge in [0.25, 0.3) is 11.6 Å². The third-order valence-electron chi connectivity index (χ3n) is 3.04. The minimum Gasteiger partial charge on any atom is -0.322 e. The molecule has 21 heavy (non-hydrogen) atoms. The second kappa shape index (κ2) is 5.93. The fourth-order valence-electron chi connectivity index (χ4n) is 1.94. The van der Waals surface area contributed by atoms with Gasteiger partial charge in [0.1, 0.15) is 0 Å². The third kappa shape index (κ3) is 3.38. The van der Waals surface area contributed by atoms with Gasteiger partial charge in [0.05, 0.1) is 15.5 Å². The number of nitrogens with zero attached hydrogens (tertiary/aromatic N) is 1. The normalized spacial score (nSPS) is 10.2. The number of nitro groups is 1. The Balaban J connectivity index is 2.32. The van der Waals surface area contributed by atoms with Crippen LogP contribution in [0.2, 0.25) is 5.02 Å². The van der Waals surface area contributed by atoms with Crippen molar-refractivity contribution in [1.29, 1.82) is 0 Å². The third-order valence-corrected chi connectivity index (χ3v) is 3.37. The van der Waals surface area contributed by atoms with Crippen molar-refractivity contribution >= 4 is 28.9 Å². The number of carbonyl (C=O) groups excluding carboxylic acids is 1. The molecule has 5 nitrogen and oxygen atoms in total. The number of carbonyl (C=O) groups is 1. The van der Waals surface area contributed by atoms with E-state index in [2.05, 4.69) is 5.32 Å². The van der Waals surface area contributed by atoms with Crippen LogP contribution in [-0.2, 0) is 0 Å². The number of non-ortho nitro benzene ring substituents is 1. The lowest BCUT2D eigenvalue weighted by atomic mass is 10.1. The Kier molecular flexibility index (Phi) is 4.23. The van der Waals surface area contributed by atoms with Gasteiger partial charge in [0.15, 0.2) is 0 Å². The standard InChI is InChI=1S/C15H13ClN2O3/c1-9-3-6-14(10(2)7-9)17-15(19)12-8-11(18(20)21)4-5-13(12)16/h3-8H,1-2H3,(H,17,19). The predicted molar refractivity (Wildman–Crippen MR) is 82.0 cm³/mol. The first-order valence-electron chi connectivity index (χ1n) is 6.21. The van der Waals surface area contributed by atoms with Gasteiger partial charge in [0.2, 0.25) is 0 Å². The van der Waals surface area contributed by atoms with E-state index in [0.717, 1.165) is 11.1 Å². The van der Waals surface area contributed by atoms with Crippen LogP contribution < -0.4 is 5.32 Å². The molecule has 0 radical (unpaired) electrons. The predicted octanol–water partition coefficient (Wildman–Crippen LogP) is 4.12. The first-order valence-corrected chi connectivity index (χ1v) is 6.59. The summed E-state index contributed by atoms with van der Waals surface area (Å²) < 4.78 is 0. The van der Waals surface area contributed by atoms with Gasteiger partial charge < -0.3 is 5.32 Å². The zero-order chi connectivity index (χ0) is 15.6. The van der Waals surface area contributed by atoms with Gasteiger partial charge in [-0.05, 0) is 31.5 Å². The summed E-state index contributed by atoms with van der Waals surface area (Å²) in [5, 5.41) is 13.7. The number of nitrogens with one attached hydrogen (secondary N) is 1. The van der Waals surface area contributed by atoms with Crippen molar-refractivity contribution in [2.45, 2.75) is 13.8 Å². The molecule has 0 saturated carbocycles. The average molecular weight is 305 g/mol. The highest BCUT2D eigenvalue weighted by Crippen LogP contribution is 2.24. The molecule has 0 aliphatic rings. The Labute approximate surface area is 126 Å². The molecule has 0 aliphatic carbocycles. The summed E-state index contributed by atoms with van der Waals surface area (Å²) in [6.07, 6.45) is 0. The van der Waals surface area contributed by atoms with Crippen molar-refractivity contribution in [3.8, 4) is 0 Å². The first-order chi connectivity index (χ1) is 9.88. The number of hydrogen-bond acceptors (Lipinski definition) is 3. The van der Waals surface area contributed by atoms with Crippen molar-refractivity contribution in [3.63, 3.8) is 0 Å². The van der Waals surface area contributed by atoms with Crippen LogP contribution in [0.4, 0.5) is 11.4 Å². The van der Waals surface area contributed by atoms with Gasteiger partial charge >= 0.3 is 0 Å². The van der Waals surface area contributed by atoms with Gasteiger partial charge in [-0.15, -0.1) is 0 Å². The molecule has 2 aromatic carbocycles. The molecule has 1 amide bonds. The number of aryl methyl sites for hydroxylation is 2. The van der Waals surface area contributed by atoms with Crippen LogP contribution in [-0.4, -0.2) is 10.8 Å². The zero-order valence-corrected chi connectivity index (χ0v) is 12.3. The highest BCUT2D eigenvalue weighted by Gasteiger charge is 2.16. The molecule has 2 aromatic rings. The number of anilines is 1. The molecule has 0 fully saturated rings. The van der Waals surface area contributed by atoms with Gasteiger partial charge in [-0.3, -0.25) is 14.9 Å². The summed E-state index contributed by atoms with van der Waals surface area (Å²) in [4.78, 5) is 22.4. The Morgan fingerprint density at radius 2 is 1.90 bits per heavy atom. The SMILES string of the molecule is Cc1ccc(NC(=O)c2cc([N+](=O)[O-])ccc2Cl)c(C)c1. The summed E-state index contributed by atoms with van der Waals surface area (Å²) in [5.74, 6) is -0.476. The fourth-order valence-corrected chi connectivity index (χ4v) is 2.15. The van der Waals surface area contributed by atoms with Gasteiger partial charge in [-0.25, -0.2) is 0 Å². The Bertz CT molecular complexity index is 729. The number of benzene rings is 2. The quantitative estimate of drug-likeness (QED) is 0.685. The molecule has 0 spiro atoms. The van der Waals surface area contributed by atoms with Gasteiger partial charge in [-0.2, -0.15) is 0 Å². The van der Waals surface area contributed by atoms with E-state index in [-0.39, 0.29) is 16.3 Å². The van der Waals surface area contributed by atoms with E-state index < -0.39 is 10.8 Å². The molecular weight excluding hydrogens is 292 g/mol. The summed E-state index contributed by atoms with van der Waals surface area (Å²) in [7, 11) is 0. The van der Waals surface area contributed by atoms with Crippen LogP contribution in [0.25, 0.3) is 0 Å². The zero-order valence-electron chi connectivity index (χ0n) is 11.5. The number of nitro benzene ring substituents is 1. The average Bonchev–Trinajstić information content (AvgIpc) is 2.42.